The second-order valence-electron chi connectivity index (χ2n) is 12.1. The lowest BCUT2D eigenvalue weighted by molar-refractivity contribution is 0.436. The van der Waals surface area contributed by atoms with E-state index < -0.39 is 0 Å². The van der Waals surface area contributed by atoms with Gasteiger partial charge in [0.2, 0.25) is 0 Å². The van der Waals surface area contributed by atoms with Gasteiger partial charge in [0.25, 0.3) is 0 Å². The van der Waals surface area contributed by atoms with Crippen LogP contribution in [-0.2, 0) is 5.41 Å². The molecule has 0 bridgehead atoms. The first-order chi connectivity index (χ1) is 21.0. The van der Waals surface area contributed by atoms with Crippen LogP contribution in [0.5, 0.6) is 0 Å². The van der Waals surface area contributed by atoms with Crippen LogP contribution in [0.25, 0.3) is 55.8 Å². The number of aryl methyl sites for hydroxylation is 2. The average molecular weight is 559 g/mol. The smallest absolute Gasteiger partial charge is 0.160 e. The molecule has 6 aromatic rings. The summed E-state index contributed by atoms with van der Waals surface area (Å²) in [6.45, 7) is 9.00. The number of rotatable bonds is 7. The Labute approximate surface area is 255 Å². The van der Waals surface area contributed by atoms with E-state index in [0.29, 0.717) is 0 Å². The molecule has 7 rings (SSSR count). The maximum absolute atomic E-state index is 5.32. The molecule has 2 nitrogen and oxygen atoms in total. The molecule has 0 saturated heterocycles. The summed E-state index contributed by atoms with van der Waals surface area (Å²) in [5, 5.41) is 1.09. The van der Waals surface area contributed by atoms with Gasteiger partial charge in [0, 0.05) is 21.9 Å². The molecule has 1 aromatic heterocycles. The molecule has 2 heteroatoms. The first-order valence-corrected chi connectivity index (χ1v) is 15.7. The van der Waals surface area contributed by atoms with E-state index in [1.165, 1.54) is 50.1 Å². The number of hydrogen-bond acceptors (Lipinski definition) is 2. The third kappa shape index (κ3) is 4.48. The van der Waals surface area contributed by atoms with E-state index in [4.69, 9.17) is 9.97 Å². The van der Waals surface area contributed by atoms with Crippen molar-refractivity contribution in [3.8, 4) is 44.9 Å². The number of hydrogen-bond donors (Lipinski definition) is 0. The van der Waals surface area contributed by atoms with E-state index in [1.54, 1.807) is 0 Å². The summed E-state index contributed by atoms with van der Waals surface area (Å²) in [6.07, 6.45) is 4.49. The van der Waals surface area contributed by atoms with Crippen molar-refractivity contribution >= 4 is 10.9 Å². The van der Waals surface area contributed by atoms with Crippen molar-refractivity contribution in [1.82, 2.24) is 9.97 Å². The molecule has 212 valence electrons. The summed E-state index contributed by atoms with van der Waals surface area (Å²) in [5.74, 6) is 0.794. The Morgan fingerprint density at radius 2 is 1.16 bits per heavy atom. The van der Waals surface area contributed by atoms with Gasteiger partial charge in [0.05, 0.1) is 11.2 Å². The molecular formula is C41H38N2. The molecule has 0 spiro atoms. The molecular weight excluding hydrogens is 520 g/mol. The van der Waals surface area contributed by atoms with Gasteiger partial charge >= 0.3 is 0 Å². The molecule has 0 radical (unpaired) electrons. The lowest BCUT2D eigenvalue weighted by Gasteiger charge is -2.32. The van der Waals surface area contributed by atoms with Crippen LogP contribution in [0.4, 0.5) is 0 Å². The van der Waals surface area contributed by atoms with Gasteiger partial charge < -0.3 is 0 Å². The Hall–Kier alpha value is -4.56. The van der Waals surface area contributed by atoms with Crippen LogP contribution in [0.2, 0.25) is 0 Å². The number of benzene rings is 5. The Morgan fingerprint density at radius 1 is 0.558 bits per heavy atom. The fraction of sp³-hybridized carbons (Fsp3) is 0.220. The largest absolute Gasteiger partial charge is 0.228 e. The first-order valence-electron chi connectivity index (χ1n) is 15.7. The standard InChI is InChI=1S/C41H38N2/c1-5-23-41(24-6-2)35-25-30(29-15-8-7-9-16-29)19-21-32(35)33-22-20-31(26-36(33)41)40-42-37-18-11-10-17-34(37)39(43-40)38-27(3)13-12-14-28(38)4/h7-22,25-26H,5-6,23-24H2,1-4H3. The monoisotopic (exact) mass is 558 g/mol. The minimum absolute atomic E-state index is 0.0265. The maximum Gasteiger partial charge on any atom is 0.160 e. The van der Waals surface area contributed by atoms with E-state index in [-0.39, 0.29) is 5.41 Å². The van der Waals surface area contributed by atoms with Gasteiger partial charge in [-0.1, -0.05) is 118 Å². The summed E-state index contributed by atoms with van der Waals surface area (Å²) < 4.78 is 0. The molecule has 0 saturated carbocycles. The molecule has 0 unspecified atom stereocenters. The van der Waals surface area contributed by atoms with Gasteiger partial charge in [0.1, 0.15) is 0 Å². The van der Waals surface area contributed by atoms with E-state index in [0.717, 1.165) is 53.7 Å². The summed E-state index contributed by atoms with van der Waals surface area (Å²) >= 11 is 0. The topological polar surface area (TPSA) is 25.8 Å². The van der Waals surface area contributed by atoms with Crippen LogP contribution < -0.4 is 0 Å². The average Bonchev–Trinajstić information content (AvgIpc) is 3.29. The normalized spacial score (nSPS) is 13.2. The van der Waals surface area contributed by atoms with Crippen LogP contribution in [0, 0.1) is 13.8 Å². The number of para-hydroxylation sites is 1. The fourth-order valence-corrected chi connectivity index (χ4v) is 7.55. The van der Waals surface area contributed by atoms with Crippen LogP contribution in [0.1, 0.15) is 61.8 Å². The van der Waals surface area contributed by atoms with Gasteiger partial charge in [-0.3, -0.25) is 0 Å². The Bertz CT molecular complexity index is 1940. The van der Waals surface area contributed by atoms with Crippen molar-refractivity contribution in [3.05, 3.63) is 131 Å². The minimum atomic E-state index is -0.0265. The second kappa shape index (κ2) is 10.9. The molecule has 0 atom stereocenters. The molecule has 0 aliphatic heterocycles. The first kappa shape index (κ1) is 27.3. The predicted octanol–water partition coefficient (Wildman–Crippen LogP) is 11.1. The predicted molar refractivity (Wildman–Crippen MR) is 181 cm³/mol. The SMILES string of the molecule is CCCC1(CCC)c2cc(-c3ccccc3)ccc2-c2ccc(-c3nc(-c4c(C)cccc4C)c4ccccc4n3)cc21. The van der Waals surface area contributed by atoms with Gasteiger partial charge in [0.15, 0.2) is 5.82 Å². The molecule has 1 heterocycles. The van der Waals surface area contributed by atoms with Crippen molar-refractivity contribution in [2.75, 3.05) is 0 Å². The minimum Gasteiger partial charge on any atom is -0.228 e. The Morgan fingerprint density at radius 3 is 1.84 bits per heavy atom. The highest BCUT2D eigenvalue weighted by Crippen LogP contribution is 2.55. The molecule has 1 aliphatic carbocycles. The lowest BCUT2D eigenvalue weighted by atomic mass is 9.71. The van der Waals surface area contributed by atoms with Crippen LogP contribution in [0.3, 0.4) is 0 Å². The molecule has 5 aromatic carbocycles. The molecule has 43 heavy (non-hydrogen) atoms. The highest BCUT2D eigenvalue weighted by atomic mass is 14.9. The van der Waals surface area contributed by atoms with Gasteiger partial charge in [-0.2, -0.15) is 0 Å². The second-order valence-corrected chi connectivity index (χ2v) is 12.1. The highest BCUT2D eigenvalue weighted by Gasteiger charge is 2.42. The summed E-state index contributed by atoms with van der Waals surface area (Å²) in [5.41, 5.74) is 14.9. The fourth-order valence-electron chi connectivity index (χ4n) is 7.55. The molecule has 0 amide bonds. The Kier molecular flexibility index (Phi) is 6.94. The van der Waals surface area contributed by atoms with Crippen LogP contribution in [-0.4, -0.2) is 9.97 Å². The van der Waals surface area contributed by atoms with Crippen molar-refractivity contribution in [2.24, 2.45) is 0 Å². The van der Waals surface area contributed by atoms with E-state index in [9.17, 15) is 0 Å². The zero-order valence-electron chi connectivity index (χ0n) is 25.6. The molecule has 0 N–H and O–H groups in total. The third-order valence-corrected chi connectivity index (χ3v) is 9.40. The van der Waals surface area contributed by atoms with Gasteiger partial charge in [-0.05, 0) is 89.4 Å². The Balaban J connectivity index is 1.44. The number of aromatic nitrogens is 2. The van der Waals surface area contributed by atoms with Crippen molar-refractivity contribution in [3.63, 3.8) is 0 Å². The van der Waals surface area contributed by atoms with Gasteiger partial charge in [-0.15, -0.1) is 0 Å². The van der Waals surface area contributed by atoms with E-state index >= 15 is 0 Å². The van der Waals surface area contributed by atoms with Crippen LogP contribution in [0.15, 0.2) is 109 Å². The van der Waals surface area contributed by atoms with Crippen molar-refractivity contribution < 1.29 is 0 Å². The number of nitrogens with zero attached hydrogens (tertiary/aromatic N) is 2. The summed E-state index contributed by atoms with van der Waals surface area (Å²) in [6, 6.07) is 39.8. The van der Waals surface area contributed by atoms with Crippen molar-refractivity contribution in [1.29, 1.82) is 0 Å². The van der Waals surface area contributed by atoms with Crippen molar-refractivity contribution in [2.45, 2.75) is 58.8 Å². The highest BCUT2D eigenvalue weighted by molar-refractivity contribution is 5.95. The quantitative estimate of drug-likeness (QED) is 0.195. The maximum atomic E-state index is 5.32. The zero-order chi connectivity index (χ0) is 29.6. The molecule has 1 aliphatic rings. The van der Waals surface area contributed by atoms with E-state index in [1.807, 2.05) is 0 Å². The number of fused-ring (bicyclic) bond motifs is 4. The third-order valence-electron chi connectivity index (χ3n) is 9.40. The lowest BCUT2D eigenvalue weighted by Crippen LogP contribution is -2.25. The zero-order valence-corrected chi connectivity index (χ0v) is 25.6. The van der Waals surface area contributed by atoms with Crippen LogP contribution >= 0.6 is 0 Å². The summed E-state index contributed by atoms with van der Waals surface area (Å²) in [4.78, 5) is 10.5. The molecule has 0 fully saturated rings. The summed E-state index contributed by atoms with van der Waals surface area (Å²) in [7, 11) is 0. The van der Waals surface area contributed by atoms with E-state index in [2.05, 4.69) is 137 Å². The van der Waals surface area contributed by atoms with Gasteiger partial charge in [-0.25, -0.2) is 9.97 Å².